The molecule has 1 aromatic carbocycles. The number of ether oxygens (including phenoxy) is 1. The van der Waals surface area contributed by atoms with Crippen LogP contribution in [0.4, 0.5) is 8.78 Å². The van der Waals surface area contributed by atoms with E-state index in [0.29, 0.717) is 18.0 Å². The molecule has 0 bridgehead atoms. The van der Waals surface area contributed by atoms with E-state index in [0.717, 1.165) is 25.1 Å². The molecular formula is C13H18F2N2O. The normalized spacial score (nSPS) is 24.5. The summed E-state index contributed by atoms with van der Waals surface area (Å²) in [7, 11) is 3.25. The van der Waals surface area contributed by atoms with Crippen molar-refractivity contribution in [2.45, 2.75) is 12.5 Å². The van der Waals surface area contributed by atoms with Crippen molar-refractivity contribution in [3.05, 3.63) is 29.3 Å². The number of benzene rings is 1. The summed E-state index contributed by atoms with van der Waals surface area (Å²) in [5, 5.41) is 0. The van der Waals surface area contributed by atoms with Gasteiger partial charge >= 0.3 is 0 Å². The first-order valence-corrected chi connectivity index (χ1v) is 6.00. The number of hydrogen-bond donors (Lipinski definition) is 1. The van der Waals surface area contributed by atoms with Gasteiger partial charge in [-0.15, -0.1) is 0 Å². The minimum atomic E-state index is -0.529. The number of hydrogen-bond acceptors (Lipinski definition) is 3. The first-order chi connectivity index (χ1) is 8.58. The van der Waals surface area contributed by atoms with Gasteiger partial charge in [0.25, 0.3) is 0 Å². The fourth-order valence-corrected chi connectivity index (χ4v) is 2.68. The van der Waals surface area contributed by atoms with Gasteiger partial charge in [-0.1, -0.05) is 0 Å². The van der Waals surface area contributed by atoms with Crippen molar-refractivity contribution >= 4 is 0 Å². The molecule has 2 rings (SSSR count). The highest BCUT2D eigenvalue weighted by Gasteiger charge is 2.34. The van der Waals surface area contributed by atoms with Gasteiger partial charge in [-0.3, -0.25) is 4.90 Å². The molecule has 1 aromatic rings. The van der Waals surface area contributed by atoms with E-state index in [2.05, 4.69) is 0 Å². The van der Waals surface area contributed by atoms with Crippen LogP contribution in [0.2, 0.25) is 0 Å². The van der Waals surface area contributed by atoms with Crippen LogP contribution in [0.3, 0.4) is 0 Å². The summed E-state index contributed by atoms with van der Waals surface area (Å²) in [6, 6.07) is 2.06. The smallest absolute Gasteiger partial charge is 0.165 e. The third-order valence-corrected chi connectivity index (χ3v) is 3.60. The Kier molecular flexibility index (Phi) is 3.82. The second-order valence-electron chi connectivity index (χ2n) is 4.77. The van der Waals surface area contributed by atoms with Crippen molar-refractivity contribution in [2.75, 3.05) is 27.2 Å². The number of rotatable bonds is 3. The minimum Gasteiger partial charge on any atom is -0.493 e. The highest BCUT2D eigenvalue weighted by molar-refractivity contribution is 5.39. The summed E-state index contributed by atoms with van der Waals surface area (Å²) in [6.45, 7) is 1.35. The van der Waals surface area contributed by atoms with E-state index in [9.17, 15) is 8.78 Å². The van der Waals surface area contributed by atoms with E-state index in [1.54, 1.807) is 0 Å². The number of likely N-dealkylation sites (tertiary alicyclic amines) is 1. The van der Waals surface area contributed by atoms with Gasteiger partial charge in [-0.25, -0.2) is 8.78 Å². The molecule has 0 aromatic heterocycles. The summed E-state index contributed by atoms with van der Waals surface area (Å²) in [5.74, 6) is -0.641. The zero-order valence-corrected chi connectivity index (χ0v) is 10.6. The lowest BCUT2D eigenvalue weighted by atomic mass is 9.98. The van der Waals surface area contributed by atoms with Gasteiger partial charge in [0.15, 0.2) is 11.6 Å². The monoisotopic (exact) mass is 256 g/mol. The van der Waals surface area contributed by atoms with Crippen LogP contribution >= 0.6 is 0 Å². The summed E-state index contributed by atoms with van der Waals surface area (Å²) >= 11 is 0. The molecule has 1 aliphatic heterocycles. The third-order valence-electron chi connectivity index (χ3n) is 3.60. The van der Waals surface area contributed by atoms with E-state index in [1.807, 2.05) is 11.9 Å². The molecule has 100 valence electrons. The Morgan fingerprint density at radius 1 is 1.39 bits per heavy atom. The van der Waals surface area contributed by atoms with E-state index >= 15 is 0 Å². The summed E-state index contributed by atoms with van der Waals surface area (Å²) in [6.07, 6.45) is 0.726. The molecule has 2 atom stereocenters. The molecule has 1 saturated heterocycles. The van der Waals surface area contributed by atoms with Crippen molar-refractivity contribution in [1.29, 1.82) is 0 Å². The van der Waals surface area contributed by atoms with Crippen LogP contribution in [-0.4, -0.2) is 32.1 Å². The maximum Gasteiger partial charge on any atom is 0.165 e. The van der Waals surface area contributed by atoms with E-state index in [4.69, 9.17) is 10.5 Å². The highest BCUT2D eigenvalue weighted by atomic mass is 19.1. The zero-order chi connectivity index (χ0) is 13.3. The van der Waals surface area contributed by atoms with Gasteiger partial charge in [0.05, 0.1) is 7.11 Å². The van der Waals surface area contributed by atoms with Gasteiger partial charge in [0.2, 0.25) is 0 Å². The van der Waals surface area contributed by atoms with E-state index in [1.165, 1.54) is 7.11 Å². The third kappa shape index (κ3) is 2.20. The Hall–Kier alpha value is -1.20. The van der Waals surface area contributed by atoms with Gasteiger partial charge in [0, 0.05) is 18.2 Å². The zero-order valence-electron chi connectivity index (χ0n) is 10.6. The van der Waals surface area contributed by atoms with Gasteiger partial charge in [-0.2, -0.15) is 0 Å². The molecule has 0 aliphatic carbocycles. The Morgan fingerprint density at radius 3 is 2.61 bits per heavy atom. The van der Waals surface area contributed by atoms with Crippen molar-refractivity contribution in [3.8, 4) is 5.75 Å². The van der Waals surface area contributed by atoms with Gasteiger partial charge in [0.1, 0.15) is 5.82 Å². The number of methoxy groups -OCH3 is 1. The lowest BCUT2D eigenvalue weighted by Crippen LogP contribution is -2.21. The summed E-state index contributed by atoms with van der Waals surface area (Å²) in [5.41, 5.74) is 5.95. The van der Waals surface area contributed by atoms with Crippen LogP contribution in [-0.2, 0) is 0 Å². The van der Waals surface area contributed by atoms with Crippen LogP contribution in [0.1, 0.15) is 18.0 Å². The standard InChI is InChI=1S/C13H18F2N2O/c1-17-7-8(6-16)5-11(17)12-9(14)3-4-10(15)13(12)18-2/h3-4,8,11H,5-7,16H2,1-2H3. The first kappa shape index (κ1) is 13.2. The topological polar surface area (TPSA) is 38.5 Å². The molecule has 2 N–H and O–H groups in total. The Bertz CT molecular complexity index is 439. The highest BCUT2D eigenvalue weighted by Crippen LogP contribution is 2.40. The Balaban J connectivity index is 2.41. The molecule has 18 heavy (non-hydrogen) atoms. The second kappa shape index (κ2) is 5.20. The predicted octanol–water partition coefficient (Wildman–Crippen LogP) is 1.92. The number of nitrogens with zero attached hydrogens (tertiary/aromatic N) is 1. The van der Waals surface area contributed by atoms with E-state index < -0.39 is 11.6 Å². The lowest BCUT2D eigenvalue weighted by Gasteiger charge is -2.22. The molecular weight excluding hydrogens is 238 g/mol. The number of halogens is 2. The van der Waals surface area contributed by atoms with Crippen LogP contribution in [0.25, 0.3) is 0 Å². The fraction of sp³-hybridized carbons (Fsp3) is 0.538. The maximum atomic E-state index is 14.0. The molecule has 0 spiro atoms. The van der Waals surface area contributed by atoms with Crippen molar-refractivity contribution < 1.29 is 13.5 Å². The Morgan fingerprint density at radius 2 is 2.06 bits per heavy atom. The van der Waals surface area contributed by atoms with Crippen LogP contribution in [0.15, 0.2) is 12.1 Å². The minimum absolute atomic E-state index is 0.00419. The largest absolute Gasteiger partial charge is 0.493 e. The van der Waals surface area contributed by atoms with Gasteiger partial charge in [-0.05, 0) is 38.1 Å². The predicted molar refractivity (Wildman–Crippen MR) is 65.4 cm³/mol. The second-order valence-corrected chi connectivity index (χ2v) is 4.77. The fourth-order valence-electron chi connectivity index (χ4n) is 2.68. The Labute approximate surface area is 106 Å². The first-order valence-electron chi connectivity index (χ1n) is 6.00. The molecule has 2 unspecified atom stereocenters. The molecule has 0 amide bonds. The average Bonchev–Trinajstić information content (AvgIpc) is 2.73. The SMILES string of the molecule is COc1c(F)ccc(F)c1C1CC(CN)CN1C. The molecule has 1 fully saturated rings. The molecule has 1 heterocycles. The molecule has 5 heteroatoms. The molecule has 0 saturated carbocycles. The van der Waals surface area contributed by atoms with Crippen molar-refractivity contribution in [2.24, 2.45) is 11.7 Å². The number of nitrogens with two attached hydrogens (primary N) is 1. The average molecular weight is 256 g/mol. The lowest BCUT2D eigenvalue weighted by molar-refractivity contribution is 0.290. The maximum absolute atomic E-state index is 14.0. The van der Waals surface area contributed by atoms with Crippen molar-refractivity contribution in [1.82, 2.24) is 4.90 Å². The van der Waals surface area contributed by atoms with Crippen LogP contribution < -0.4 is 10.5 Å². The quantitative estimate of drug-likeness (QED) is 0.898. The molecule has 1 aliphatic rings. The molecule has 3 nitrogen and oxygen atoms in total. The van der Waals surface area contributed by atoms with E-state index in [-0.39, 0.29) is 11.8 Å². The van der Waals surface area contributed by atoms with Gasteiger partial charge < -0.3 is 10.5 Å². The molecule has 0 radical (unpaired) electrons. The van der Waals surface area contributed by atoms with Crippen molar-refractivity contribution in [3.63, 3.8) is 0 Å². The summed E-state index contributed by atoms with van der Waals surface area (Å²) < 4.78 is 32.6. The van der Waals surface area contributed by atoms with Crippen LogP contribution in [0.5, 0.6) is 5.75 Å². The van der Waals surface area contributed by atoms with Crippen LogP contribution in [0, 0.1) is 17.6 Å². The summed E-state index contributed by atoms with van der Waals surface area (Å²) in [4.78, 5) is 2.00.